The molecule has 0 bridgehead atoms. The molecule has 3 N–H and O–H groups in total. The first-order valence-corrected chi connectivity index (χ1v) is 5.93. The topological polar surface area (TPSA) is 66.6 Å². The van der Waals surface area contributed by atoms with Gasteiger partial charge in [-0.05, 0) is 25.0 Å². The molecule has 94 valence electrons. The standard InChI is InChI=1S/C13H20N2O2/c1-3-10(4-2)15(9-13(16)17)12-8-6-5-7-11(12)14/h5-8,10H,3-4,9,14H2,1-2H3,(H,16,17). The first-order valence-electron chi connectivity index (χ1n) is 5.93. The van der Waals surface area contributed by atoms with Gasteiger partial charge in [0.05, 0.1) is 11.4 Å². The van der Waals surface area contributed by atoms with Crippen LogP contribution in [0.5, 0.6) is 0 Å². The number of benzene rings is 1. The molecule has 0 saturated heterocycles. The largest absolute Gasteiger partial charge is 0.480 e. The molecule has 0 unspecified atom stereocenters. The summed E-state index contributed by atoms with van der Waals surface area (Å²) in [5, 5.41) is 8.99. The van der Waals surface area contributed by atoms with Crippen molar-refractivity contribution in [2.24, 2.45) is 0 Å². The summed E-state index contributed by atoms with van der Waals surface area (Å²) >= 11 is 0. The highest BCUT2D eigenvalue weighted by molar-refractivity contribution is 5.77. The van der Waals surface area contributed by atoms with Gasteiger partial charge in [-0.3, -0.25) is 4.79 Å². The number of hydrogen-bond acceptors (Lipinski definition) is 3. The van der Waals surface area contributed by atoms with E-state index in [1.165, 1.54) is 0 Å². The van der Waals surface area contributed by atoms with Crippen LogP contribution in [0.3, 0.4) is 0 Å². The van der Waals surface area contributed by atoms with Gasteiger partial charge < -0.3 is 15.7 Å². The summed E-state index contributed by atoms with van der Waals surface area (Å²) in [6.07, 6.45) is 1.80. The summed E-state index contributed by atoms with van der Waals surface area (Å²) in [5.74, 6) is -0.833. The van der Waals surface area contributed by atoms with Crippen LogP contribution in [0, 0.1) is 0 Å². The van der Waals surface area contributed by atoms with E-state index in [1.54, 1.807) is 6.07 Å². The third-order valence-electron chi connectivity index (χ3n) is 2.94. The molecule has 0 aliphatic rings. The minimum absolute atomic E-state index is 0.0133. The van der Waals surface area contributed by atoms with Crippen molar-refractivity contribution in [2.75, 3.05) is 17.2 Å². The normalized spacial score (nSPS) is 10.5. The lowest BCUT2D eigenvalue weighted by Crippen LogP contribution is -2.39. The van der Waals surface area contributed by atoms with Crippen molar-refractivity contribution in [2.45, 2.75) is 32.7 Å². The van der Waals surface area contributed by atoms with E-state index in [0.29, 0.717) is 5.69 Å². The van der Waals surface area contributed by atoms with Crippen LogP contribution in [0.2, 0.25) is 0 Å². The van der Waals surface area contributed by atoms with E-state index in [4.69, 9.17) is 10.8 Å². The van der Waals surface area contributed by atoms with Gasteiger partial charge in [0.1, 0.15) is 6.54 Å². The highest BCUT2D eigenvalue weighted by Crippen LogP contribution is 2.26. The van der Waals surface area contributed by atoms with Gasteiger partial charge in [-0.25, -0.2) is 0 Å². The van der Waals surface area contributed by atoms with E-state index < -0.39 is 5.97 Å². The van der Waals surface area contributed by atoms with Crippen LogP contribution in [-0.4, -0.2) is 23.7 Å². The van der Waals surface area contributed by atoms with E-state index in [9.17, 15) is 4.79 Å². The Labute approximate surface area is 102 Å². The molecule has 0 amide bonds. The van der Waals surface area contributed by atoms with Crippen molar-refractivity contribution < 1.29 is 9.90 Å². The fourth-order valence-corrected chi connectivity index (χ4v) is 2.04. The van der Waals surface area contributed by atoms with Crippen LogP contribution >= 0.6 is 0 Å². The molecule has 1 aromatic carbocycles. The Bertz CT molecular complexity index is 375. The molecule has 0 radical (unpaired) electrons. The second-order valence-corrected chi connectivity index (χ2v) is 4.05. The second-order valence-electron chi connectivity index (χ2n) is 4.05. The SMILES string of the molecule is CCC(CC)N(CC(=O)O)c1ccccc1N. The molecule has 17 heavy (non-hydrogen) atoms. The first-order chi connectivity index (χ1) is 8.10. The molecule has 4 nitrogen and oxygen atoms in total. The lowest BCUT2D eigenvalue weighted by atomic mass is 10.1. The number of carbonyl (C=O) groups is 1. The lowest BCUT2D eigenvalue weighted by molar-refractivity contribution is -0.135. The third-order valence-corrected chi connectivity index (χ3v) is 2.94. The number of rotatable bonds is 6. The number of para-hydroxylation sites is 2. The maximum atomic E-state index is 10.9. The van der Waals surface area contributed by atoms with Crippen molar-refractivity contribution in [1.82, 2.24) is 0 Å². The molecule has 0 aliphatic carbocycles. The van der Waals surface area contributed by atoms with E-state index in [0.717, 1.165) is 18.5 Å². The van der Waals surface area contributed by atoms with Crippen molar-refractivity contribution in [3.8, 4) is 0 Å². The molecule has 0 spiro atoms. The minimum Gasteiger partial charge on any atom is -0.480 e. The Morgan fingerprint density at radius 1 is 1.35 bits per heavy atom. The lowest BCUT2D eigenvalue weighted by Gasteiger charge is -2.32. The Balaban J connectivity index is 3.05. The number of carboxylic acid groups (broad SMARTS) is 1. The highest BCUT2D eigenvalue weighted by atomic mass is 16.4. The van der Waals surface area contributed by atoms with Crippen LogP contribution in [0.1, 0.15) is 26.7 Å². The van der Waals surface area contributed by atoms with Gasteiger partial charge in [0, 0.05) is 6.04 Å². The molecule has 0 heterocycles. The Morgan fingerprint density at radius 2 is 1.94 bits per heavy atom. The molecule has 0 atom stereocenters. The van der Waals surface area contributed by atoms with Crippen LogP contribution in [-0.2, 0) is 4.79 Å². The molecular weight excluding hydrogens is 216 g/mol. The third kappa shape index (κ3) is 3.37. The van der Waals surface area contributed by atoms with Crippen LogP contribution in [0.15, 0.2) is 24.3 Å². The number of hydrogen-bond donors (Lipinski definition) is 2. The zero-order valence-electron chi connectivity index (χ0n) is 10.4. The summed E-state index contributed by atoms with van der Waals surface area (Å²) < 4.78 is 0. The maximum Gasteiger partial charge on any atom is 0.323 e. The number of carboxylic acids is 1. The second kappa shape index (κ2) is 6.13. The van der Waals surface area contributed by atoms with Gasteiger partial charge in [0.2, 0.25) is 0 Å². The van der Waals surface area contributed by atoms with Gasteiger partial charge in [0.25, 0.3) is 0 Å². The van der Waals surface area contributed by atoms with Crippen LogP contribution in [0.25, 0.3) is 0 Å². The molecule has 0 aromatic heterocycles. The van der Waals surface area contributed by atoms with Gasteiger partial charge in [-0.15, -0.1) is 0 Å². The van der Waals surface area contributed by atoms with E-state index >= 15 is 0 Å². The molecule has 0 fully saturated rings. The van der Waals surface area contributed by atoms with Crippen LogP contribution in [0.4, 0.5) is 11.4 Å². The molecule has 0 aliphatic heterocycles. The number of nitrogens with zero attached hydrogens (tertiary/aromatic N) is 1. The first kappa shape index (κ1) is 13.4. The molecular formula is C13H20N2O2. The van der Waals surface area contributed by atoms with Crippen molar-refractivity contribution in [3.63, 3.8) is 0 Å². The van der Waals surface area contributed by atoms with Crippen molar-refractivity contribution in [3.05, 3.63) is 24.3 Å². The van der Waals surface area contributed by atoms with E-state index in [-0.39, 0.29) is 12.6 Å². The van der Waals surface area contributed by atoms with E-state index in [2.05, 4.69) is 13.8 Å². The molecule has 1 aromatic rings. The monoisotopic (exact) mass is 236 g/mol. The number of nitrogens with two attached hydrogens (primary N) is 1. The molecule has 0 saturated carbocycles. The zero-order chi connectivity index (χ0) is 12.8. The molecule has 1 rings (SSSR count). The summed E-state index contributed by atoms with van der Waals surface area (Å²) in [4.78, 5) is 12.8. The average Bonchev–Trinajstić information content (AvgIpc) is 2.29. The van der Waals surface area contributed by atoms with Gasteiger partial charge >= 0.3 is 5.97 Å². The summed E-state index contributed by atoms with van der Waals surface area (Å²) in [6.45, 7) is 4.10. The van der Waals surface area contributed by atoms with Crippen molar-refractivity contribution in [1.29, 1.82) is 0 Å². The van der Waals surface area contributed by atoms with Gasteiger partial charge in [0.15, 0.2) is 0 Å². The predicted octanol–water partition coefficient (Wildman–Crippen LogP) is 2.35. The van der Waals surface area contributed by atoms with Gasteiger partial charge in [-0.2, -0.15) is 0 Å². The van der Waals surface area contributed by atoms with Gasteiger partial charge in [-0.1, -0.05) is 26.0 Å². The predicted molar refractivity (Wildman–Crippen MR) is 70.2 cm³/mol. The average molecular weight is 236 g/mol. The fourth-order valence-electron chi connectivity index (χ4n) is 2.04. The zero-order valence-corrected chi connectivity index (χ0v) is 10.4. The summed E-state index contributed by atoms with van der Waals surface area (Å²) in [6, 6.07) is 7.60. The van der Waals surface area contributed by atoms with E-state index in [1.807, 2.05) is 23.1 Å². The van der Waals surface area contributed by atoms with Crippen molar-refractivity contribution >= 4 is 17.3 Å². The summed E-state index contributed by atoms with van der Waals surface area (Å²) in [5.41, 5.74) is 7.34. The fraction of sp³-hybridized carbons (Fsp3) is 0.462. The highest BCUT2D eigenvalue weighted by Gasteiger charge is 2.19. The number of anilines is 2. The number of nitrogen functional groups attached to an aromatic ring is 1. The molecule has 4 heteroatoms. The smallest absolute Gasteiger partial charge is 0.323 e. The maximum absolute atomic E-state index is 10.9. The minimum atomic E-state index is -0.833. The Hall–Kier alpha value is -1.71. The van der Waals surface area contributed by atoms with Crippen LogP contribution < -0.4 is 10.6 Å². The Morgan fingerprint density at radius 3 is 2.41 bits per heavy atom. The quantitative estimate of drug-likeness (QED) is 0.744. The summed E-state index contributed by atoms with van der Waals surface area (Å²) in [7, 11) is 0. The number of aliphatic carboxylic acids is 1. The Kier molecular flexibility index (Phi) is 4.82.